The maximum Gasteiger partial charge on any atom is 0.335 e. The number of nitrogens with zero attached hydrogens (tertiary/aromatic N) is 2. The van der Waals surface area contributed by atoms with Crippen molar-refractivity contribution in [3.63, 3.8) is 0 Å². The van der Waals surface area contributed by atoms with E-state index >= 15 is 0 Å². The Morgan fingerprint density at radius 1 is 1.05 bits per heavy atom. The van der Waals surface area contributed by atoms with Crippen LogP contribution in [0.2, 0.25) is 0 Å². The van der Waals surface area contributed by atoms with Gasteiger partial charge in [0.15, 0.2) is 11.5 Å². The summed E-state index contributed by atoms with van der Waals surface area (Å²) in [4.78, 5) is 49.9. The highest BCUT2D eigenvalue weighted by Crippen LogP contribution is 2.36. The van der Waals surface area contributed by atoms with Gasteiger partial charge in [-0.2, -0.15) is 0 Å². The lowest BCUT2D eigenvalue weighted by molar-refractivity contribution is -0.384. The molecule has 2 aliphatic rings. The van der Waals surface area contributed by atoms with Crippen molar-refractivity contribution in [2.24, 2.45) is 0 Å². The molecule has 2 aliphatic heterocycles. The number of halogens is 1. The van der Waals surface area contributed by atoms with E-state index in [-0.39, 0.29) is 30.3 Å². The molecule has 0 saturated carbocycles. The van der Waals surface area contributed by atoms with Crippen LogP contribution in [0.3, 0.4) is 0 Å². The van der Waals surface area contributed by atoms with Crippen molar-refractivity contribution in [1.82, 2.24) is 5.32 Å². The Balaban J connectivity index is 1.45. The van der Waals surface area contributed by atoms with Crippen molar-refractivity contribution >= 4 is 51.2 Å². The van der Waals surface area contributed by atoms with Gasteiger partial charge >= 0.3 is 6.03 Å². The van der Waals surface area contributed by atoms with Crippen LogP contribution in [-0.2, 0) is 16.2 Å². The molecule has 5 rings (SSSR count). The molecule has 2 heterocycles. The number of hydrogen-bond donors (Lipinski definition) is 1. The minimum absolute atomic E-state index is 0.00142. The maximum atomic E-state index is 13.3. The van der Waals surface area contributed by atoms with E-state index in [1.54, 1.807) is 36.4 Å². The number of rotatable bonds is 6. The Bertz CT molecular complexity index is 1500. The summed E-state index contributed by atoms with van der Waals surface area (Å²) < 4.78 is 17.1. The molecule has 1 N–H and O–H groups in total. The summed E-state index contributed by atoms with van der Waals surface area (Å²) >= 11 is 3.36. The number of nitro groups is 1. The van der Waals surface area contributed by atoms with Crippen LogP contribution >= 0.6 is 15.9 Å². The first-order valence-corrected chi connectivity index (χ1v) is 11.6. The highest BCUT2D eigenvalue weighted by molar-refractivity contribution is 9.10. The molecule has 3 aromatic rings. The minimum Gasteiger partial charge on any atom is -0.488 e. The van der Waals surface area contributed by atoms with E-state index in [0.29, 0.717) is 32.8 Å². The zero-order valence-electron chi connectivity index (χ0n) is 18.8. The first kappa shape index (κ1) is 24.0. The van der Waals surface area contributed by atoms with Gasteiger partial charge in [-0.3, -0.25) is 25.0 Å². The number of anilines is 1. The van der Waals surface area contributed by atoms with E-state index in [1.165, 1.54) is 30.3 Å². The number of imide groups is 2. The van der Waals surface area contributed by atoms with Crippen molar-refractivity contribution in [1.29, 1.82) is 0 Å². The van der Waals surface area contributed by atoms with Crippen LogP contribution in [0.5, 0.6) is 17.2 Å². The zero-order valence-corrected chi connectivity index (χ0v) is 20.4. The van der Waals surface area contributed by atoms with Gasteiger partial charge in [-0.1, -0.05) is 28.1 Å². The molecule has 12 heteroatoms. The predicted molar refractivity (Wildman–Crippen MR) is 133 cm³/mol. The third-order valence-corrected chi connectivity index (χ3v) is 6.00. The second kappa shape index (κ2) is 9.74. The van der Waals surface area contributed by atoms with Crippen molar-refractivity contribution in [3.05, 3.63) is 92.0 Å². The van der Waals surface area contributed by atoms with Crippen LogP contribution in [0.4, 0.5) is 16.2 Å². The minimum atomic E-state index is -0.901. The third kappa shape index (κ3) is 4.86. The highest BCUT2D eigenvalue weighted by atomic mass is 79.9. The number of ether oxygens (including phenoxy) is 3. The number of nitro benzene ring substituents is 1. The lowest BCUT2D eigenvalue weighted by Gasteiger charge is -2.26. The SMILES string of the molecule is O=C1NC(=O)N(c2ccc3c(c2)OCO3)C(=O)/C1=C/c1cc(Br)ccc1OCc1cccc([N+](=O)[O-])c1. The molecule has 186 valence electrons. The molecule has 0 aromatic heterocycles. The third-order valence-electron chi connectivity index (χ3n) is 5.50. The zero-order chi connectivity index (χ0) is 26.1. The number of amides is 4. The normalized spacial score (nSPS) is 15.6. The molecule has 11 nitrogen and oxygen atoms in total. The first-order chi connectivity index (χ1) is 17.8. The van der Waals surface area contributed by atoms with Crippen molar-refractivity contribution in [3.8, 4) is 17.2 Å². The van der Waals surface area contributed by atoms with Gasteiger partial charge in [0.1, 0.15) is 17.9 Å². The van der Waals surface area contributed by atoms with E-state index in [1.807, 2.05) is 0 Å². The number of nitrogens with one attached hydrogen (secondary N) is 1. The molecule has 0 unspecified atom stereocenters. The fourth-order valence-corrected chi connectivity index (χ4v) is 4.14. The molecule has 1 saturated heterocycles. The second-order valence-corrected chi connectivity index (χ2v) is 8.81. The summed E-state index contributed by atoms with van der Waals surface area (Å²) in [5.41, 5.74) is 0.758. The Hall–Kier alpha value is -4.71. The van der Waals surface area contributed by atoms with E-state index < -0.39 is 22.8 Å². The lowest BCUT2D eigenvalue weighted by Crippen LogP contribution is -2.54. The second-order valence-electron chi connectivity index (χ2n) is 7.89. The maximum absolute atomic E-state index is 13.3. The number of hydrogen-bond acceptors (Lipinski definition) is 8. The average molecular weight is 566 g/mol. The summed E-state index contributed by atoms with van der Waals surface area (Å²) in [6, 6.07) is 14.6. The molecule has 4 amide bonds. The summed E-state index contributed by atoms with van der Waals surface area (Å²) in [5, 5.41) is 13.2. The van der Waals surface area contributed by atoms with Gasteiger partial charge < -0.3 is 14.2 Å². The number of non-ortho nitro benzene ring substituents is 1. The van der Waals surface area contributed by atoms with Gasteiger partial charge in [0, 0.05) is 28.2 Å². The van der Waals surface area contributed by atoms with Crippen LogP contribution in [-0.4, -0.2) is 29.6 Å². The number of fused-ring (bicyclic) bond motifs is 1. The lowest BCUT2D eigenvalue weighted by atomic mass is 10.1. The molecule has 3 aromatic carbocycles. The summed E-state index contributed by atoms with van der Waals surface area (Å²) in [6.45, 7) is 0.0198. The molecule has 0 aliphatic carbocycles. The summed E-state index contributed by atoms with van der Waals surface area (Å²) in [7, 11) is 0. The highest BCUT2D eigenvalue weighted by Gasteiger charge is 2.37. The van der Waals surface area contributed by atoms with E-state index in [4.69, 9.17) is 14.2 Å². The number of urea groups is 1. The Morgan fingerprint density at radius 2 is 1.86 bits per heavy atom. The monoisotopic (exact) mass is 565 g/mol. The van der Waals surface area contributed by atoms with Crippen LogP contribution in [0.15, 0.2) is 70.7 Å². The molecule has 0 bridgehead atoms. The van der Waals surface area contributed by atoms with Gasteiger partial charge in [-0.25, -0.2) is 9.69 Å². The van der Waals surface area contributed by atoms with E-state index in [9.17, 15) is 24.5 Å². The largest absolute Gasteiger partial charge is 0.488 e. The van der Waals surface area contributed by atoms with Crippen molar-refractivity contribution < 1.29 is 33.5 Å². The topological polar surface area (TPSA) is 137 Å². The number of carbonyl (C=O) groups excluding carboxylic acids is 3. The van der Waals surface area contributed by atoms with Crippen molar-refractivity contribution in [2.45, 2.75) is 6.61 Å². The van der Waals surface area contributed by atoms with Crippen molar-refractivity contribution in [2.75, 3.05) is 11.7 Å². The first-order valence-electron chi connectivity index (χ1n) is 10.8. The average Bonchev–Trinajstić information content (AvgIpc) is 3.34. The fourth-order valence-electron chi connectivity index (χ4n) is 3.76. The Morgan fingerprint density at radius 3 is 2.68 bits per heavy atom. The van der Waals surface area contributed by atoms with Gasteiger partial charge in [-0.15, -0.1) is 0 Å². The molecule has 0 atom stereocenters. The number of carbonyl (C=O) groups is 3. The van der Waals surface area contributed by atoms with E-state index in [2.05, 4.69) is 21.2 Å². The molecule has 1 fully saturated rings. The van der Waals surface area contributed by atoms with E-state index in [0.717, 1.165) is 4.90 Å². The molecular formula is C25H16BrN3O8. The summed E-state index contributed by atoms with van der Waals surface area (Å²) in [5.74, 6) is -0.548. The predicted octanol–water partition coefficient (Wildman–Crippen LogP) is 4.33. The molecule has 37 heavy (non-hydrogen) atoms. The summed E-state index contributed by atoms with van der Waals surface area (Å²) in [6.07, 6.45) is 1.32. The fraction of sp³-hybridized carbons (Fsp3) is 0.0800. The van der Waals surface area contributed by atoms with Gasteiger partial charge in [-0.05, 0) is 42.0 Å². The van der Waals surface area contributed by atoms with Crippen LogP contribution < -0.4 is 24.4 Å². The Kier molecular flexibility index (Phi) is 6.32. The van der Waals surface area contributed by atoms with Crippen LogP contribution in [0.1, 0.15) is 11.1 Å². The van der Waals surface area contributed by atoms with Gasteiger partial charge in [0.05, 0.1) is 10.6 Å². The molecule has 0 radical (unpaired) electrons. The van der Waals surface area contributed by atoms with Gasteiger partial charge in [0.25, 0.3) is 17.5 Å². The van der Waals surface area contributed by atoms with Gasteiger partial charge in [0.2, 0.25) is 6.79 Å². The van der Waals surface area contributed by atoms with Crippen LogP contribution in [0, 0.1) is 10.1 Å². The number of benzene rings is 3. The number of barbiturate groups is 1. The quantitative estimate of drug-likeness (QED) is 0.202. The molecule has 0 spiro atoms. The smallest absolute Gasteiger partial charge is 0.335 e. The standard InChI is InChI=1S/C25H16BrN3O8/c26-16-4-6-20(35-12-14-2-1-3-18(8-14)29(33)34)15(9-16)10-19-23(30)27-25(32)28(24(19)31)17-5-7-21-22(11-17)37-13-36-21/h1-11H,12-13H2,(H,27,30,32)/b19-10+. The molecular weight excluding hydrogens is 550 g/mol. The van der Waals surface area contributed by atoms with Crippen LogP contribution in [0.25, 0.3) is 6.08 Å². The Labute approximate surface area is 217 Å².